The molecule has 0 fully saturated rings. The van der Waals surface area contributed by atoms with Crippen LogP contribution in [0.25, 0.3) is 5.65 Å². The Labute approximate surface area is 151 Å². The van der Waals surface area contributed by atoms with Gasteiger partial charge in [0, 0.05) is 6.20 Å². The number of esters is 1. The van der Waals surface area contributed by atoms with Gasteiger partial charge >= 0.3 is 5.97 Å². The standard InChI is InChI=1S/C20H21N3O3/c1-4-8-16-17(23-12-7-9-13(2)18(23)21-16)19(24)22-15-11-6-5-10-14(15)20(25)26-3/h5-7,9-12H,4,8H2,1-3H3,(H,22,24). The minimum Gasteiger partial charge on any atom is -0.465 e. The molecule has 2 heterocycles. The second kappa shape index (κ2) is 7.39. The summed E-state index contributed by atoms with van der Waals surface area (Å²) in [6.45, 7) is 4.01. The predicted molar refractivity (Wildman–Crippen MR) is 99.7 cm³/mol. The van der Waals surface area contributed by atoms with Crippen LogP contribution >= 0.6 is 0 Å². The fourth-order valence-electron chi connectivity index (χ4n) is 2.96. The number of imidazole rings is 1. The number of methoxy groups -OCH3 is 1. The highest BCUT2D eigenvalue weighted by molar-refractivity contribution is 6.08. The number of fused-ring (bicyclic) bond motifs is 1. The van der Waals surface area contributed by atoms with Crippen molar-refractivity contribution in [1.29, 1.82) is 0 Å². The lowest BCUT2D eigenvalue weighted by Gasteiger charge is -2.10. The highest BCUT2D eigenvalue weighted by Crippen LogP contribution is 2.21. The number of hydrogen-bond donors (Lipinski definition) is 1. The number of carbonyl (C=O) groups is 2. The van der Waals surface area contributed by atoms with Gasteiger partial charge in [-0.15, -0.1) is 0 Å². The Hall–Kier alpha value is -3.15. The molecule has 0 saturated carbocycles. The Bertz CT molecular complexity index is 976. The van der Waals surface area contributed by atoms with Crippen molar-refractivity contribution >= 4 is 23.2 Å². The zero-order valence-corrected chi connectivity index (χ0v) is 15.1. The molecule has 0 aliphatic heterocycles. The number of carbonyl (C=O) groups excluding carboxylic acids is 2. The fraction of sp³-hybridized carbons (Fsp3) is 0.250. The molecule has 0 aliphatic carbocycles. The smallest absolute Gasteiger partial charge is 0.339 e. The molecular formula is C20H21N3O3. The first-order valence-electron chi connectivity index (χ1n) is 8.52. The van der Waals surface area contributed by atoms with E-state index < -0.39 is 5.97 Å². The van der Waals surface area contributed by atoms with Crippen LogP contribution < -0.4 is 5.32 Å². The Kier molecular flexibility index (Phi) is 5.02. The quantitative estimate of drug-likeness (QED) is 0.713. The fourth-order valence-corrected chi connectivity index (χ4v) is 2.96. The van der Waals surface area contributed by atoms with Crippen LogP contribution in [0.5, 0.6) is 0 Å². The first-order chi connectivity index (χ1) is 12.6. The number of aryl methyl sites for hydroxylation is 2. The summed E-state index contributed by atoms with van der Waals surface area (Å²) in [6.07, 6.45) is 3.40. The average molecular weight is 351 g/mol. The number of hydrogen-bond acceptors (Lipinski definition) is 4. The molecule has 134 valence electrons. The van der Waals surface area contributed by atoms with E-state index in [1.165, 1.54) is 7.11 Å². The maximum atomic E-state index is 13.0. The minimum atomic E-state index is -0.497. The van der Waals surface area contributed by atoms with E-state index >= 15 is 0 Å². The zero-order valence-electron chi connectivity index (χ0n) is 15.1. The first-order valence-corrected chi connectivity index (χ1v) is 8.52. The van der Waals surface area contributed by atoms with Gasteiger partial charge < -0.3 is 10.1 Å². The van der Waals surface area contributed by atoms with Crippen molar-refractivity contribution in [3.63, 3.8) is 0 Å². The van der Waals surface area contributed by atoms with Gasteiger partial charge in [-0.2, -0.15) is 0 Å². The third-order valence-corrected chi connectivity index (χ3v) is 4.20. The predicted octanol–water partition coefficient (Wildman–Crippen LogP) is 3.63. The molecule has 0 unspecified atom stereocenters. The topological polar surface area (TPSA) is 72.7 Å². The SMILES string of the molecule is CCCc1nc2c(C)cccn2c1C(=O)Nc1ccccc1C(=O)OC. The van der Waals surface area contributed by atoms with Gasteiger partial charge in [-0.05, 0) is 37.1 Å². The number of nitrogens with one attached hydrogen (secondary N) is 1. The van der Waals surface area contributed by atoms with Crippen LogP contribution in [0.2, 0.25) is 0 Å². The van der Waals surface area contributed by atoms with E-state index in [2.05, 4.69) is 10.3 Å². The summed E-state index contributed by atoms with van der Waals surface area (Å²) in [5.74, 6) is -0.799. The molecule has 0 bridgehead atoms. The number of nitrogens with zero attached hydrogens (tertiary/aromatic N) is 2. The van der Waals surface area contributed by atoms with Crippen LogP contribution in [0.1, 0.15) is 45.4 Å². The van der Waals surface area contributed by atoms with E-state index in [1.54, 1.807) is 28.7 Å². The van der Waals surface area contributed by atoms with E-state index in [0.717, 1.165) is 23.3 Å². The van der Waals surface area contributed by atoms with Gasteiger partial charge in [0.2, 0.25) is 0 Å². The van der Waals surface area contributed by atoms with Crippen molar-refractivity contribution in [3.8, 4) is 0 Å². The molecule has 0 atom stereocenters. The molecule has 0 spiro atoms. The van der Waals surface area contributed by atoms with Crippen LogP contribution in [0.4, 0.5) is 5.69 Å². The van der Waals surface area contributed by atoms with Crippen molar-refractivity contribution in [2.45, 2.75) is 26.7 Å². The summed E-state index contributed by atoms with van der Waals surface area (Å²) in [7, 11) is 1.31. The summed E-state index contributed by atoms with van der Waals surface area (Å²) in [6, 6.07) is 10.6. The Balaban J connectivity index is 2.05. The van der Waals surface area contributed by atoms with Crippen molar-refractivity contribution in [3.05, 3.63) is 65.1 Å². The molecule has 0 radical (unpaired) electrons. The number of ether oxygens (including phenoxy) is 1. The van der Waals surface area contributed by atoms with Crippen molar-refractivity contribution in [2.75, 3.05) is 12.4 Å². The van der Waals surface area contributed by atoms with Gasteiger partial charge in [0.15, 0.2) is 0 Å². The third kappa shape index (κ3) is 3.18. The molecule has 6 nitrogen and oxygen atoms in total. The van der Waals surface area contributed by atoms with Crippen LogP contribution in [-0.2, 0) is 11.2 Å². The molecular weight excluding hydrogens is 330 g/mol. The molecule has 1 aromatic carbocycles. The van der Waals surface area contributed by atoms with E-state index in [1.807, 2.05) is 32.2 Å². The van der Waals surface area contributed by atoms with Gasteiger partial charge in [-0.25, -0.2) is 9.78 Å². The van der Waals surface area contributed by atoms with Crippen molar-refractivity contribution < 1.29 is 14.3 Å². The summed E-state index contributed by atoms with van der Waals surface area (Å²) in [5.41, 5.74) is 3.72. The number of aromatic nitrogens is 2. The second-order valence-electron chi connectivity index (χ2n) is 6.03. The van der Waals surface area contributed by atoms with Gasteiger partial charge in [0.1, 0.15) is 11.3 Å². The lowest BCUT2D eigenvalue weighted by atomic mass is 10.1. The number of amides is 1. The van der Waals surface area contributed by atoms with E-state index in [-0.39, 0.29) is 5.91 Å². The Morgan fingerprint density at radius 2 is 1.96 bits per heavy atom. The van der Waals surface area contributed by atoms with E-state index in [4.69, 9.17) is 4.74 Å². The number of para-hydroxylation sites is 1. The van der Waals surface area contributed by atoms with Gasteiger partial charge in [0.05, 0.1) is 24.1 Å². The number of rotatable bonds is 5. The van der Waals surface area contributed by atoms with Gasteiger partial charge in [0.25, 0.3) is 5.91 Å². The Morgan fingerprint density at radius 3 is 2.69 bits per heavy atom. The first kappa shape index (κ1) is 17.7. The monoisotopic (exact) mass is 351 g/mol. The average Bonchev–Trinajstić information content (AvgIpc) is 3.01. The maximum Gasteiger partial charge on any atom is 0.339 e. The third-order valence-electron chi connectivity index (χ3n) is 4.20. The van der Waals surface area contributed by atoms with E-state index in [9.17, 15) is 9.59 Å². The molecule has 1 amide bonds. The van der Waals surface area contributed by atoms with Crippen LogP contribution in [0.15, 0.2) is 42.6 Å². The lowest BCUT2D eigenvalue weighted by Crippen LogP contribution is -2.18. The number of anilines is 1. The molecule has 0 saturated heterocycles. The molecule has 3 aromatic rings. The molecule has 26 heavy (non-hydrogen) atoms. The summed E-state index contributed by atoms with van der Waals surface area (Å²) < 4.78 is 6.59. The van der Waals surface area contributed by atoms with Gasteiger partial charge in [-0.1, -0.05) is 31.5 Å². The normalized spacial score (nSPS) is 10.7. The highest BCUT2D eigenvalue weighted by atomic mass is 16.5. The van der Waals surface area contributed by atoms with Crippen LogP contribution in [-0.4, -0.2) is 28.4 Å². The van der Waals surface area contributed by atoms with Crippen molar-refractivity contribution in [2.24, 2.45) is 0 Å². The van der Waals surface area contributed by atoms with Gasteiger partial charge in [-0.3, -0.25) is 9.20 Å². The van der Waals surface area contributed by atoms with Crippen LogP contribution in [0.3, 0.4) is 0 Å². The summed E-state index contributed by atoms with van der Waals surface area (Å²) >= 11 is 0. The minimum absolute atomic E-state index is 0.303. The molecule has 6 heteroatoms. The Morgan fingerprint density at radius 1 is 1.19 bits per heavy atom. The maximum absolute atomic E-state index is 13.0. The lowest BCUT2D eigenvalue weighted by molar-refractivity contribution is 0.0602. The largest absolute Gasteiger partial charge is 0.465 e. The molecule has 2 aromatic heterocycles. The number of benzene rings is 1. The second-order valence-corrected chi connectivity index (χ2v) is 6.03. The van der Waals surface area contributed by atoms with Crippen molar-refractivity contribution in [1.82, 2.24) is 9.38 Å². The molecule has 1 N–H and O–H groups in total. The van der Waals surface area contributed by atoms with Crippen LogP contribution in [0, 0.1) is 6.92 Å². The highest BCUT2D eigenvalue weighted by Gasteiger charge is 2.21. The molecule has 0 aliphatic rings. The summed E-state index contributed by atoms with van der Waals surface area (Å²) in [5, 5.41) is 2.84. The number of pyridine rings is 1. The van der Waals surface area contributed by atoms with E-state index in [0.29, 0.717) is 23.4 Å². The molecule has 3 rings (SSSR count). The zero-order chi connectivity index (χ0) is 18.7. The summed E-state index contributed by atoms with van der Waals surface area (Å²) in [4.78, 5) is 29.6.